The highest BCUT2D eigenvalue weighted by molar-refractivity contribution is 7.47. The van der Waals surface area contributed by atoms with Gasteiger partial charge in [0.2, 0.25) is 0 Å². The molecule has 17 nitrogen and oxygen atoms in total. The Morgan fingerprint density at radius 1 is 0.306 bits per heavy atom. The number of phosphoric ester groups is 2. The van der Waals surface area contributed by atoms with Gasteiger partial charge in [-0.05, 0) is 135 Å². The zero-order chi connectivity index (χ0) is 71.8. The third-order valence-electron chi connectivity index (χ3n) is 14.2. The number of aliphatic hydroxyl groups is 1. The van der Waals surface area contributed by atoms with E-state index in [1.54, 1.807) is 12.2 Å². The van der Waals surface area contributed by atoms with Crippen molar-refractivity contribution in [2.24, 2.45) is 0 Å². The molecule has 0 fully saturated rings. The Labute approximate surface area is 591 Å². The molecule has 0 heterocycles. The number of aliphatic hydroxyl groups excluding tert-OH is 1. The number of phosphoric acid groups is 2. The minimum atomic E-state index is -5.01. The lowest BCUT2D eigenvalue weighted by molar-refractivity contribution is -0.161. The molecule has 0 bridgehead atoms. The Bertz CT molecular complexity index is 2530. The van der Waals surface area contributed by atoms with Crippen LogP contribution in [0.4, 0.5) is 0 Å². The van der Waals surface area contributed by atoms with Gasteiger partial charge in [-0.15, -0.1) is 0 Å². The molecule has 0 radical (unpaired) electrons. The summed E-state index contributed by atoms with van der Waals surface area (Å²) in [6.07, 6.45) is 81.3. The number of ether oxygens (including phenoxy) is 4. The maximum absolute atomic E-state index is 13.0. The molecule has 5 unspecified atom stereocenters. The second kappa shape index (κ2) is 69.9. The van der Waals surface area contributed by atoms with Crippen molar-refractivity contribution in [1.82, 2.24) is 0 Å². The standard InChI is InChI=1S/C79H126O17P2/c1-5-9-13-17-21-25-29-33-36-40-43-47-51-55-59-63-76(81)89-69-74(95-78(83)65-61-57-53-49-45-39-32-28-24-20-16-12-8-4)71-93-97(85,86)91-67-73(80)68-92-98(87,88)94-72-75(96-79(84)66-62-58-54-50-46-42-38-35-31-27-23-19-15-11-7-3)70-90-77(82)64-60-56-52-48-44-41-37-34-30-26-22-18-14-10-6-2/h9-11,13-15,21-23,25-28,32-38,43-44,47-48,55-56,59-60,73-75,80H,5-8,12,16-20,24,29-31,39-42,45-46,49-54,57-58,61-72H2,1-4H3,(H,85,86)(H,87,88)/b13-9-,14-10-,15-11-,25-21-,26-22-,27-23-,32-28-,36-33-,37-34-,38-35-,47-43-,48-44-,59-55-,60-56-. The molecule has 0 amide bonds. The normalized spacial score (nSPS) is 15.0. The van der Waals surface area contributed by atoms with Crippen LogP contribution in [0, 0.1) is 0 Å². The molecule has 3 N–H and O–H groups in total. The fourth-order valence-electron chi connectivity index (χ4n) is 8.78. The third kappa shape index (κ3) is 68.9. The van der Waals surface area contributed by atoms with Crippen LogP contribution >= 0.6 is 15.6 Å². The molecule has 0 aliphatic rings. The minimum absolute atomic E-state index is 0.0475. The topological polar surface area (TPSA) is 237 Å². The van der Waals surface area contributed by atoms with Crippen LogP contribution in [-0.4, -0.2) is 96.7 Å². The predicted molar refractivity (Wildman–Crippen MR) is 399 cm³/mol. The zero-order valence-electron chi connectivity index (χ0n) is 60.1. The third-order valence-corrected chi connectivity index (χ3v) is 16.1. The van der Waals surface area contributed by atoms with E-state index in [9.17, 15) is 43.2 Å². The van der Waals surface area contributed by atoms with Crippen LogP contribution in [-0.2, 0) is 65.4 Å². The Balaban J connectivity index is 5.52. The van der Waals surface area contributed by atoms with Gasteiger partial charge in [-0.2, -0.15) is 0 Å². The average molecular weight is 1410 g/mol. The number of esters is 4. The van der Waals surface area contributed by atoms with Crippen LogP contribution in [0.5, 0.6) is 0 Å². The van der Waals surface area contributed by atoms with Crippen molar-refractivity contribution in [3.05, 3.63) is 170 Å². The summed E-state index contributed by atoms with van der Waals surface area (Å²) < 4.78 is 68.1. The van der Waals surface area contributed by atoms with E-state index < -0.39 is 97.5 Å². The van der Waals surface area contributed by atoms with E-state index in [2.05, 4.69) is 149 Å². The van der Waals surface area contributed by atoms with Crippen molar-refractivity contribution in [2.45, 2.75) is 264 Å². The fraction of sp³-hybridized carbons (Fsp3) is 0.595. The highest BCUT2D eigenvalue weighted by Crippen LogP contribution is 2.45. The van der Waals surface area contributed by atoms with Gasteiger partial charge in [0.1, 0.15) is 19.3 Å². The molecule has 0 saturated heterocycles. The lowest BCUT2D eigenvalue weighted by Crippen LogP contribution is -2.30. The molecule has 554 valence electrons. The summed E-state index contributed by atoms with van der Waals surface area (Å²) in [5, 5.41) is 10.6. The van der Waals surface area contributed by atoms with Crippen molar-refractivity contribution in [3.63, 3.8) is 0 Å². The monoisotopic (exact) mass is 1410 g/mol. The van der Waals surface area contributed by atoms with E-state index in [0.29, 0.717) is 25.7 Å². The molecule has 0 aromatic heterocycles. The number of hydrogen-bond acceptors (Lipinski definition) is 15. The van der Waals surface area contributed by atoms with Gasteiger partial charge in [0.05, 0.1) is 39.3 Å². The number of hydrogen-bond donors (Lipinski definition) is 3. The lowest BCUT2D eigenvalue weighted by Gasteiger charge is -2.21. The maximum Gasteiger partial charge on any atom is 0.472 e. The zero-order valence-corrected chi connectivity index (χ0v) is 61.9. The lowest BCUT2D eigenvalue weighted by atomic mass is 10.1. The van der Waals surface area contributed by atoms with E-state index >= 15 is 0 Å². The summed E-state index contributed by atoms with van der Waals surface area (Å²) in [6.45, 7) is 4.21. The molecule has 0 saturated carbocycles. The van der Waals surface area contributed by atoms with Crippen LogP contribution in [0.25, 0.3) is 0 Å². The Morgan fingerprint density at radius 3 is 0.878 bits per heavy atom. The smallest absolute Gasteiger partial charge is 0.461 e. The molecule has 0 aromatic rings. The van der Waals surface area contributed by atoms with E-state index in [4.69, 9.17) is 37.0 Å². The first-order valence-electron chi connectivity index (χ1n) is 36.4. The summed E-state index contributed by atoms with van der Waals surface area (Å²) in [4.78, 5) is 72.6. The Kier molecular flexibility index (Phi) is 65.9. The van der Waals surface area contributed by atoms with Crippen LogP contribution < -0.4 is 0 Å². The second-order valence-electron chi connectivity index (χ2n) is 23.4. The average Bonchev–Trinajstić information content (AvgIpc) is 1.04. The van der Waals surface area contributed by atoms with Gasteiger partial charge in [0, 0.05) is 12.8 Å². The number of unbranched alkanes of at least 4 members (excludes halogenated alkanes) is 14. The van der Waals surface area contributed by atoms with Crippen LogP contribution in [0.1, 0.15) is 246 Å². The first-order valence-corrected chi connectivity index (χ1v) is 39.4. The quantitative estimate of drug-likeness (QED) is 0.0169. The molecule has 19 heteroatoms. The number of carbonyl (C=O) groups excluding carboxylic acids is 4. The predicted octanol–water partition coefficient (Wildman–Crippen LogP) is 20.7. The van der Waals surface area contributed by atoms with Crippen LogP contribution in [0.15, 0.2) is 170 Å². The van der Waals surface area contributed by atoms with E-state index in [1.807, 2.05) is 36.5 Å². The number of carbonyl (C=O) groups is 4. The van der Waals surface area contributed by atoms with E-state index in [1.165, 1.54) is 25.7 Å². The maximum atomic E-state index is 13.0. The summed E-state index contributed by atoms with van der Waals surface area (Å²) >= 11 is 0. The van der Waals surface area contributed by atoms with Gasteiger partial charge in [-0.3, -0.25) is 37.3 Å². The van der Waals surface area contributed by atoms with E-state index in [-0.39, 0.29) is 25.7 Å². The fourth-order valence-corrected chi connectivity index (χ4v) is 10.4. The van der Waals surface area contributed by atoms with Crippen LogP contribution in [0.3, 0.4) is 0 Å². The van der Waals surface area contributed by atoms with Gasteiger partial charge in [-0.25, -0.2) is 9.13 Å². The molecule has 0 aliphatic heterocycles. The summed E-state index contributed by atoms with van der Waals surface area (Å²) in [5.74, 6) is -2.52. The molecule has 0 aliphatic carbocycles. The van der Waals surface area contributed by atoms with Crippen molar-refractivity contribution in [1.29, 1.82) is 0 Å². The van der Waals surface area contributed by atoms with E-state index in [0.717, 1.165) is 141 Å². The molecular formula is C79H126O17P2. The number of rotatable bonds is 66. The highest BCUT2D eigenvalue weighted by atomic mass is 31.2. The van der Waals surface area contributed by atoms with Crippen molar-refractivity contribution in [3.8, 4) is 0 Å². The second-order valence-corrected chi connectivity index (χ2v) is 26.3. The minimum Gasteiger partial charge on any atom is -0.461 e. The summed E-state index contributed by atoms with van der Waals surface area (Å²) in [6, 6.07) is 0. The largest absolute Gasteiger partial charge is 0.472 e. The first kappa shape index (κ1) is 92.4. The van der Waals surface area contributed by atoms with Gasteiger partial charge < -0.3 is 33.8 Å². The number of allylic oxidation sites excluding steroid dienone is 26. The Hall–Kier alpha value is -5.58. The highest BCUT2D eigenvalue weighted by Gasteiger charge is 2.30. The summed E-state index contributed by atoms with van der Waals surface area (Å²) in [7, 11) is -10.0. The summed E-state index contributed by atoms with van der Waals surface area (Å²) in [5.41, 5.74) is 0. The van der Waals surface area contributed by atoms with Crippen LogP contribution in [0.2, 0.25) is 0 Å². The molecule has 0 rings (SSSR count). The molecular weight excluding hydrogens is 1280 g/mol. The van der Waals surface area contributed by atoms with Crippen molar-refractivity contribution >= 4 is 39.5 Å². The Morgan fingerprint density at radius 2 is 0.561 bits per heavy atom. The molecule has 0 spiro atoms. The molecule has 98 heavy (non-hydrogen) atoms. The van der Waals surface area contributed by atoms with Gasteiger partial charge in [0.25, 0.3) is 0 Å². The molecule has 0 aromatic carbocycles. The van der Waals surface area contributed by atoms with Gasteiger partial charge in [0.15, 0.2) is 12.2 Å². The molecule has 5 atom stereocenters. The van der Waals surface area contributed by atoms with Gasteiger partial charge in [-0.1, -0.05) is 256 Å². The SMILES string of the molecule is CC/C=C\C/C=C\C/C=C\C/C=C\C/C=C\CC(=O)OCC(COP(=O)(O)OCC(O)COP(=O)(O)OCC(COC(=O)C/C=C\C/C=C\C/C=C\C/C=C\C/C=C\CC)OC(=O)CCCCCCC/C=C\CCCCCC)OC(=O)CCCCCCC/C=C\C/C=C\C/C=C\CC. The van der Waals surface area contributed by atoms with Gasteiger partial charge >= 0.3 is 39.5 Å². The van der Waals surface area contributed by atoms with Crippen molar-refractivity contribution in [2.75, 3.05) is 39.6 Å². The van der Waals surface area contributed by atoms with Crippen molar-refractivity contribution < 1.29 is 80.2 Å². The first-order chi connectivity index (χ1) is 47.7.